The third-order valence-corrected chi connectivity index (χ3v) is 4.73. The highest BCUT2D eigenvalue weighted by Gasteiger charge is 2.23. The van der Waals surface area contributed by atoms with E-state index in [0.717, 1.165) is 25.9 Å². The first-order chi connectivity index (χ1) is 12.9. The van der Waals surface area contributed by atoms with E-state index in [9.17, 15) is 14.7 Å². The third kappa shape index (κ3) is 9.05. The number of hydrogen-bond donors (Lipinski definition) is 3. The Hall–Kier alpha value is -1.87. The predicted molar refractivity (Wildman–Crippen MR) is 113 cm³/mol. The van der Waals surface area contributed by atoms with Crippen LogP contribution in [0.1, 0.15) is 30.9 Å². The number of benzene rings is 1. The van der Waals surface area contributed by atoms with E-state index in [1.165, 1.54) is 24.0 Å². The summed E-state index contributed by atoms with van der Waals surface area (Å²) in [6, 6.07) is 6.44. The van der Waals surface area contributed by atoms with Crippen molar-refractivity contribution in [3.05, 3.63) is 51.6 Å². The molecule has 7 heteroatoms. The number of aromatic hydroxyl groups is 1. The van der Waals surface area contributed by atoms with Crippen LogP contribution in [0.4, 0.5) is 0 Å². The average molecular weight is 487 g/mol. The van der Waals surface area contributed by atoms with Crippen LogP contribution in [0.2, 0.25) is 0 Å². The molecular weight excluding hydrogens is 461 g/mol. The first-order valence-electron chi connectivity index (χ1n) is 8.81. The molecular formula is C20H26INO5. The van der Waals surface area contributed by atoms with Crippen molar-refractivity contribution in [1.29, 1.82) is 0 Å². The number of aliphatic carboxylic acids is 2. The number of carboxylic acid groups (broad SMARTS) is 2. The second-order valence-corrected chi connectivity index (χ2v) is 6.94. The van der Waals surface area contributed by atoms with Crippen LogP contribution >= 0.6 is 22.6 Å². The maximum Gasteiger partial charge on any atom is 0.328 e. The SMILES string of the molecule is CCCN(C/C=C/I)C1CCc2ccc(O)cc2C1.O=C(O)/C=C\C(=O)O. The first kappa shape index (κ1) is 23.2. The molecule has 0 saturated heterocycles. The van der Waals surface area contributed by atoms with Crippen molar-refractivity contribution in [2.75, 3.05) is 13.1 Å². The van der Waals surface area contributed by atoms with Gasteiger partial charge in [0.25, 0.3) is 0 Å². The highest BCUT2D eigenvalue weighted by Crippen LogP contribution is 2.27. The van der Waals surface area contributed by atoms with Crippen molar-refractivity contribution in [3.63, 3.8) is 0 Å². The molecule has 0 saturated carbocycles. The highest BCUT2D eigenvalue weighted by atomic mass is 127. The molecule has 2 rings (SSSR count). The van der Waals surface area contributed by atoms with E-state index >= 15 is 0 Å². The fourth-order valence-corrected chi connectivity index (χ4v) is 3.29. The Morgan fingerprint density at radius 1 is 1.22 bits per heavy atom. The Labute approximate surface area is 173 Å². The molecule has 0 radical (unpaired) electrons. The van der Waals surface area contributed by atoms with Gasteiger partial charge in [0.1, 0.15) is 5.75 Å². The van der Waals surface area contributed by atoms with Gasteiger partial charge in [-0.15, -0.1) is 0 Å². The molecule has 0 bridgehead atoms. The number of hydrogen-bond acceptors (Lipinski definition) is 4. The van der Waals surface area contributed by atoms with Gasteiger partial charge in [-0.2, -0.15) is 0 Å². The number of carbonyl (C=O) groups is 2. The lowest BCUT2D eigenvalue weighted by molar-refractivity contribution is -0.134. The van der Waals surface area contributed by atoms with E-state index in [0.29, 0.717) is 23.9 Å². The fourth-order valence-electron chi connectivity index (χ4n) is 3.06. The van der Waals surface area contributed by atoms with Crippen molar-refractivity contribution in [1.82, 2.24) is 4.90 Å². The van der Waals surface area contributed by atoms with Gasteiger partial charge < -0.3 is 15.3 Å². The normalized spacial score (nSPS) is 16.2. The van der Waals surface area contributed by atoms with Gasteiger partial charge in [0.2, 0.25) is 0 Å². The molecule has 1 unspecified atom stereocenters. The quantitative estimate of drug-likeness (QED) is 0.402. The van der Waals surface area contributed by atoms with E-state index < -0.39 is 11.9 Å². The molecule has 1 aliphatic rings. The lowest BCUT2D eigenvalue weighted by atomic mass is 9.87. The average Bonchev–Trinajstić information content (AvgIpc) is 2.63. The molecule has 27 heavy (non-hydrogen) atoms. The molecule has 148 valence electrons. The Balaban J connectivity index is 0.000000387. The van der Waals surface area contributed by atoms with E-state index in [1.807, 2.05) is 12.1 Å². The third-order valence-electron chi connectivity index (χ3n) is 4.22. The highest BCUT2D eigenvalue weighted by molar-refractivity contribution is 14.1. The van der Waals surface area contributed by atoms with Crippen LogP contribution in [0.25, 0.3) is 0 Å². The smallest absolute Gasteiger partial charge is 0.328 e. The number of fused-ring (bicyclic) bond motifs is 1. The van der Waals surface area contributed by atoms with Gasteiger partial charge in [-0.1, -0.05) is 41.7 Å². The van der Waals surface area contributed by atoms with Gasteiger partial charge in [-0.05, 0) is 59.6 Å². The summed E-state index contributed by atoms with van der Waals surface area (Å²) in [6.07, 6.45) is 7.97. The molecule has 0 fully saturated rings. The zero-order valence-electron chi connectivity index (χ0n) is 15.3. The Kier molecular flexibility index (Phi) is 10.7. The van der Waals surface area contributed by atoms with Gasteiger partial charge in [0.05, 0.1) is 0 Å². The van der Waals surface area contributed by atoms with Crippen LogP contribution in [-0.2, 0) is 22.4 Å². The number of carboxylic acids is 2. The monoisotopic (exact) mass is 487 g/mol. The molecule has 3 N–H and O–H groups in total. The van der Waals surface area contributed by atoms with Crippen molar-refractivity contribution >= 4 is 34.5 Å². The number of phenolic OH excluding ortho intramolecular Hbond substituents is 1. The van der Waals surface area contributed by atoms with Gasteiger partial charge in [-0.3, -0.25) is 4.90 Å². The summed E-state index contributed by atoms with van der Waals surface area (Å²) in [5, 5.41) is 25.3. The molecule has 0 amide bonds. The lowest BCUT2D eigenvalue weighted by Crippen LogP contribution is -2.39. The van der Waals surface area contributed by atoms with E-state index in [1.54, 1.807) is 0 Å². The minimum atomic E-state index is -1.26. The summed E-state index contributed by atoms with van der Waals surface area (Å²) >= 11 is 2.28. The summed E-state index contributed by atoms with van der Waals surface area (Å²) in [7, 11) is 0. The molecule has 1 atom stereocenters. The summed E-state index contributed by atoms with van der Waals surface area (Å²) in [5.41, 5.74) is 2.74. The maximum atomic E-state index is 9.63. The first-order valence-corrected chi connectivity index (χ1v) is 10.1. The number of halogens is 1. The van der Waals surface area contributed by atoms with Crippen LogP contribution < -0.4 is 0 Å². The van der Waals surface area contributed by atoms with Crippen LogP contribution in [0.15, 0.2) is 40.5 Å². The largest absolute Gasteiger partial charge is 0.508 e. The summed E-state index contributed by atoms with van der Waals surface area (Å²) in [5.74, 6) is -2.12. The van der Waals surface area contributed by atoms with Crippen LogP contribution in [0.3, 0.4) is 0 Å². The molecule has 6 nitrogen and oxygen atoms in total. The molecule has 1 aromatic rings. The van der Waals surface area contributed by atoms with Crippen molar-refractivity contribution in [2.24, 2.45) is 0 Å². The molecule has 0 spiro atoms. The number of nitrogens with zero attached hydrogens (tertiary/aromatic N) is 1. The standard InChI is InChI=1S/C16H22INO.C4H4O4/c1-2-9-18(10-3-8-17)15-6-4-13-5-7-16(19)12-14(13)11-15;5-3(6)1-2-4(7)8/h3,5,7-8,12,15,19H,2,4,6,9-11H2,1H3;1-2H,(H,5,6)(H,7,8)/b8-3+;2-1-. The zero-order valence-corrected chi connectivity index (χ0v) is 17.5. The van der Waals surface area contributed by atoms with E-state index in [4.69, 9.17) is 10.2 Å². The molecule has 0 heterocycles. The molecule has 1 aromatic carbocycles. The van der Waals surface area contributed by atoms with Crippen molar-refractivity contribution in [2.45, 2.75) is 38.6 Å². The molecule has 1 aliphatic carbocycles. The minimum absolute atomic E-state index is 0.397. The summed E-state index contributed by atoms with van der Waals surface area (Å²) in [4.78, 5) is 21.7. The predicted octanol–water partition coefficient (Wildman–Crippen LogP) is 3.62. The Bertz CT molecular complexity index is 671. The van der Waals surface area contributed by atoms with E-state index in [2.05, 4.69) is 50.6 Å². The number of aryl methyl sites for hydroxylation is 1. The van der Waals surface area contributed by atoms with Crippen LogP contribution in [-0.4, -0.2) is 51.3 Å². The summed E-state index contributed by atoms with van der Waals surface area (Å²) < 4.78 is 2.10. The van der Waals surface area contributed by atoms with Crippen molar-refractivity contribution in [3.8, 4) is 5.75 Å². The van der Waals surface area contributed by atoms with Crippen LogP contribution in [0.5, 0.6) is 5.75 Å². The Morgan fingerprint density at radius 2 is 1.89 bits per heavy atom. The van der Waals surface area contributed by atoms with Crippen molar-refractivity contribution < 1.29 is 24.9 Å². The fraction of sp³-hybridized carbons (Fsp3) is 0.400. The second kappa shape index (κ2) is 12.5. The van der Waals surface area contributed by atoms with Gasteiger partial charge in [-0.25, -0.2) is 9.59 Å². The minimum Gasteiger partial charge on any atom is -0.508 e. The summed E-state index contributed by atoms with van der Waals surface area (Å²) in [6.45, 7) is 4.43. The van der Waals surface area contributed by atoms with Gasteiger partial charge in [0, 0.05) is 24.7 Å². The molecule has 0 aliphatic heterocycles. The lowest BCUT2D eigenvalue weighted by Gasteiger charge is -2.34. The second-order valence-electron chi connectivity index (χ2n) is 6.22. The topological polar surface area (TPSA) is 98.1 Å². The maximum absolute atomic E-state index is 9.63. The zero-order chi connectivity index (χ0) is 20.2. The van der Waals surface area contributed by atoms with Crippen LogP contribution in [0, 0.1) is 0 Å². The number of phenols is 1. The Morgan fingerprint density at radius 3 is 2.44 bits per heavy atom. The van der Waals surface area contributed by atoms with E-state index in [-0.39, 0.29) is 0 Å². The molecule has 0 aromatic heterocycles. The number of rotatable bonds is 7. The van der Waals surface area contributed by atoms with Gasteiger partial charge in [0.15, 0.2) is 0 Å². The van der Waals surface area contributed by atoms with Gasteiger partial charge >= 0.3 is 11.9 Å².